The zero-order valence-corrected chi connectivity index (χ0v) is 13.4. The average Bonchev–Trinajstić information content (AvgIpc) is 2.60. The van der Waals surface area contributed by atoms with Crippen molar-refractivity contribution in [3.05, 3.63) is 76.3 Å². The van der Waals surface area contributed by atoms with Gasteiger partial charge in [-0.2, -0.15) is 0 Å². The lowest BCUT2D eigenvalue weighted by molar-refractivity contribution is 0.472. The van der Waals surface area contributed by atoms with Crippen molar-refractivity contribution in [3.8, 4) is 5.75 Å². The Morgan fingerprint density at radius 3 is 2.88 bits per heavy atom. The summed E-state index contributed by atoms with van der Waals surface area (Å²) in [5.74, 6) is -0.00167. The van der Waals surface area contributed by atoms with Gasteiger partial charge in [-0.25, -0.2) is 4.79 Å². The van der Waals surface area contributed by atoms with Crippen molar-refractivity contribution in [2.75, 3.05) is 0 Å². The predicted molar refractivity (Wildman–Crippen MR) is 97.9 cm³/mol. The van der Waals surface area contributed by atoms with Crippen LogP contribution in [0.3, 0.4) is 0 Å². The SMILES string of the molecule is Cc1cc(=O)oc2c(C=Nc3cccc4cccnc34)c(O)ccc12. The summed E-state index contributed by atoms with van der Waals surface area (Å²) >= 11 is 0. The number of hydrogen-bond acceptors (Lipinski definition) is 5. The Bertz CT molecular complexity index is 1190. The molecule has 0 spiro atoms. The average molecular weight is 330 g/mol. The zero-order valence-electron chi connectivity index (χ0n) is 13.4. The molecule has 0 amide bonds. The van der Waals surface area contributed by atoms with Gasteiger partial charge in [-0.05, 0) is 36.8 Å². The van der Waals surface area contributed by atoms with Gasteiger partial charge in [-0.3, -0.25) is 9.98 Å². The molecule has 2 aromatic heterocycles. The second-order valence-corrected chi connectivity index (χ2v) is 5.73. The number of aliphatic imine (C=N–C) groups is 1. The molecule has 5 heteroatoms. The molecule has 5 nitrogen and oxygen atoms in total. The van der Waals surface area contributed by atoms with Gasteiger partial charge in [0.15, 0.2) is 5.58 Å². The van der Waals surface area contributed by atoms with Crippen LogP contribution in [0.2, 0.25) is 0 Å². The molecule has 4 rings (SSSR count). The third-order valence-electron chi connectivity index (χ3n) is 4.08. The van der Waals surface area contributed by atoms with E-state index >= 15 is 0 Å². The second-order valence-electron chi connectivity index (χ2n) is 5.73. The van der Waals surface area contributed by atoms with E-state index in [0.717, 1.165) is 21.9 Å². The van der Waals surface area contributed by atoms with Gasteiger partial charge >= 0.3 is 5.63 Å². The van der Waals surface area contributed by atoms with Crippen molar-refractivity contribution in [1.29, 1.82) is 0 Å². The zero-order chi connectivity index (χ0) is 17.4. The number of phenolic OH excluding ortho intramolecular Hbond substituents is 1. The molecule has 0 saturated carbocycles. The number of hydrogen-bond donors (Lipinski definition) is 1. The molecule has 0 aliphatic carbocycles. The van der Waals surface area contributed by atoms with E-state index in [9.17, 15) is 9.90 Å². The summed E-state index contributed by atoms with van der Waals surface area (Å²) in [7, 11) is 0. The highest BCUT2D eigenvalue weighted by atomic mass is 16.4. The minimum Gasteiger partial charge on any atom is -0.507 e. The van der Waals surface area contributed by atoms with E-state index in [0.29, 0.717) is 16.8 Å². The van der Waals surface area contributed by atoms with Gasteiger partial charge in [0.1, 0.15) is 5.75 Å². The molecular formula is C20H14N2O3. The Labute approximate surface area is 142 Å². The maximum Gasteiger partial charge on any atom is 0.336 e. The number of aromatic hydroxyl groups is 1. The van der Waals surface area contributed by atoms with Crippen LogP contribution in [0, 0.1) is 6.92 Å². The van der Waals surface area contributed by atoms with Gasteiger partial charge in [0, 0.05) is 29.3 Å². The number of phenols is 1. The molecule has 122 valence electrons. The molecule has 0 radical (unpaired) electrons. The molecular weight excluding hydrogens is 316 g/mol. The van der Waals surface area contributed by atoms with E-state index in [1.807, 2.05) is 37.3 Å². The van der Waals surface area contributed by atoms with Gasteiger partial charge in [-0.15, -0.1) is 0 Å². The first-order valence-corrected chi connectivity index (χ1v) is 7.78. The maximum atomic E-state index is 11.7. The summed E-state index contributed by atoms with van der Waals surface area (Å²) in [6.45, 7) is 1.83. The van der Waals surface area contributed by atoms with Crippen LogP contribution in [0.1, 0.15) is 11.1 Å². The molecule has 0 atom stereocenters. The Morgan fingerprint density at radius 2 is 2.00 bits per heavy atom. The van der Waals surface area contributed by atoms with Crippen LogP contribution in [0.4, 0.5) is 5.69 Å². The Balaban J connectivity index is 1.92. The molecule has 4 aromatic rings. The first-order chi connectivity index (χ1) is 12.1. The summed E-state index contributed by atoms with van der Waals surface area (Å²) in [6.07, 6.45) is 3.21. The molecule has 0 saturated heterocycles. The van der Waals surface area contributed by atoms with Crippen molar-refractivity contribution in [2.24, 2.45) is 4.99 Å². The predicted octanol–water partition coefficient (Wildman–Crippen LogP) is 4.11. The lowest BCUT2D eigenvalue weighted by Gasteiger charge is -2.06. The van der Waals surface area contributed by atoms with E-state index in [-0.39, 0.29) is 5.75 Å². The lowest BCUT2D eigenvalue weighted by Crippen LogP contribution is -2.00. The van der Waals surface area contributed by atoms with Crippen molar-refractivity contribution in [3.63, 3.8) is 0 Å². The van der Waals surface area contributed by atoms with Gasteiger partial charge in [0.05, 0.1) is 16.8 Å². The topological polar surface area (TPSA) is 75.7 Å². The van der Waals surface area contributed by atoms with Crippen LogP contribution in [-0.2, 0) is 0 Å². The van der Waals surface area contributed by atoms with Crippen LogP contribution in [0.5, 0.6) is 5.75 Å². The molecule has 0 bridgehead atoms. The van der Waals surface area contributed by atoms with Crippen molar-refractivity contribution >= 4 is 33.8 Å². The van der Waals surface area contributed by atoms with E-state index in [2.05, 4.69) is 9.98 Å². The molecule has 0 aliphatic heterocycles. The fourth-order valence-electron chi connectivity index (χ4n) is 2.85. The van der Waals surface area contributed by atoms with E-state index in [1.54, 1.807) is 18.3 Å². The van der Waals surface area contributed by atoms with Gasteiger partial charge < -0.3 is 9.52 Å². The normalized spacial score (nSPS) is 11.6. The highest BCUT2D eigenvalue weighted by Crippen LogP contribution is 2.28. The Kier molecular flexibility index (Phi) is 3.54. The number of pyridine rings is 1. The molecule has 0 aliphatic rings. The molecule has 1 N–H and O–H groups in total. The quantitative estimate of drug-likeness (QED) is 0.443. The van der Waals surface area contributed by atoms with Crippen molar-refractivity contribution in [1.82, 2.24) is 4.98 Å². The number of para-hydroxylation sites is 1. The largest absolute Gasteiger partial charge is 0.507 e. The Morgan fingerprint density at radius 1 is 1.16 bits per heavy atom. The number of aryl methyl sites for hydroxylation is 1. The van der Waals surface area contributed by atoms with Crippen LogP contribution in [0.25, 0.3) is 21.9 Å². The highest BCUT2D eigenvalue weighted by molar-refractivity contribution is 6.02. The summed E-state index contributed by atoms with van der Waals surface area (Å²) < 4.78 is 5.31. The van der Waals surface area contributed by atoms with Gasteiger partial charge in [0.2, 0.25) is 0 Å². The summed E-state index contributed by atoms with van der Waals surface area (Å²) in [5, 5.41) is 11.9. The first-order valence-electron chi connectivity index (χ1n) is 7.78. The number of aromatic nitrogens is 1. The summed E-state index contributed by atoms with van der Waals surface area (Å²) in [6, 6.07) is 14.2. The number of rotatable bonds is 2. The Hall–Kier alpha value is -3.47. The monoisotopic (exact) mass is 330 g/mol. The number of nitrogens with zero attached hydrogens (tertiary/aromatic N) is 2. The fraction of sp³-hybridized carbons (Fsp3) is 0.0500. The van der Waals surface area contributed by atoms with Crippen molar-refractivity contribution < 1.29 is 9.52 Å². The van der Waals surface area contributed by atoms with Gasteiger partial charge in [0.25, 0.3) is 0 Å². The van der Waals surface area contributed by atoms with Crippen LogP contribution in [0.15, 0.2) is 68.9 Å². The smallest absolute Gasteiger partial charge is 0.336 e. The standard InChI is InChI=1S/C20H14N2O3/c1-12-10-18(24)25-20-14(12)7-8-17(23)15(20)11-22-16-6-2-4-13-5-3-9-21-19(13)16/h2-11,23H,1H3. The van der Waals surface area contributed by atoms with Crippen LogP contribution < -0.4 is 5.63 Å². The van der Waals surface area contributed by atoms with Crippen LogP contribution >= 0.6 is 0 Å². The van der Waals surface area contributed by atoms with Crippen LogP contribution in [-0.4, -0.2) is 16.3 Å². The van der Waals surface area contributed by atoms with Crippen molar-refractivity contribution in [2.45, 2.75) is 6.92 Å². The number of benzene rings is 2. The lowest BCUT2D eigenvalue weighted by atomic mass is 10.1. The molecule has 2 heterocycles. The minimum atomic E-state index is -0.461. The van der Waals surface area contributed by atoms with E-state index < -0.39 is 5.63 Å². The molecule has 2 aromatic carbocycles. The third kappa shape index (κ3) is 2.65. The fourth-order valence-corrected chi connectivity index (χ4v) is 2.85. The molecule has 25 heavy (non-hydrogen) atoms. The summed E-state index contributed by atoms with van der Waals surface area (Å²) in [4.78, 5) is 20.5. The molecule has 0 unspecified atom stereocenters. The minimum absolute atomic E-state index is 0.00167. The second kappa shape index (κ2) is 5.87. The maximum absolute atomic E-state index is 11.7. The van der Waals surface area contributed by atoms with E-state index in [1.165, 1.54) is 12.3 Å². The van der Waals surface area contributed by atoms with E-state index in [4.69, 9.17) is 4.42 Å². The third-order valence-corrected chi connectivity index (χ3v) is 4.08. The highest BCUT2D eigenvalue weighted by Gasteiger charge is 2.11. The van der Waals surface area contributed by atoms with Gasteiger partial charge in [-0.1, -0.05) is 18.2 Å². The molecule has 0 fully saturated rings. The first kappa shape index (κ1) is 15.1. The number of fused-ring (bicyclic) bond motifs is 2. The summed E-state index contributed by atoms with van der Waals surface area (Å²) in [5.41, 5.74) is 2.45.